The molecule has 0 unspecified atom stereocenters. The van der Waals surface area contributed by atoms with Gasteiger partial charge in [-0.3, -0.25) is 5.32 Å². The lowest BCUT2D eigenvalue weighted by Crippen LogP contribution is -2.20. The van der Waals surface area contributed by atoms with Crippen LogP contribution in [0.2, 0.25) is 0 Å². The van der Waals surface area contributed by atoms with Crippen molar-refractivity contribution in [1.82, 2.24) is 0 Å². The topological polar surface area (TPSA) is 102 Å². The number of benzene rings is 1. The predicted molar refractivity (Wildman–Crippen MR) is 70.8 cm³/mol. The van der Waals surface area contributed by atoms with Gasteiger partial charge in [-0.2, -0.15) is 5.26 Å². The summed E-state index contributed by atoms with van der Waals surface area (Å²) < 4.78 is 0. The first kappa shape index (κ1) is 13.6. The molecule has 0 saturated carbocycles. The van der Waals surface area contributed by atoms with Crippen molar-refractivity contribution in [2.75, 3.05) is 29.5 Å². The summed E-state index contributed by atoms with van der Waals surface area (Å²) in [6.07, 6.45) is -0.261. The van der Waals surface area contributed by atoms with E-state index in [0.717, 1.165) is 13.0 Å². The molecular formula is C12H16N4O2. The second-order valence-corrected chi connectivity index (χ2v) is 3.92. The summed E-state index contributed by atoms with van der Waals surface area (Å²) in [5.41, 5.74) is 7.32. The van der Waals surface area contributed by atoms with E-state index in [1.54, 1.807) is 6.07 Å². The Balaban J connectivity index is 3.22. The summed E-state index contributed by atoms with van der Waals surface area (Å²) in [6.45, 7) is 2.79. The number of hydrogen-bond acceptors (Lipinski definition) is 4. The largest absolute Gasteiger partial charge is 0.465 e. The number of nitriles is 1. The molecule has 0 fully saturated rings. The third kappa shape index (κ3) is 3.04. The van der Waals surface area contributed by atoms with E-state index in [4.69, 9.17) is 16.1 Å². The summed E-state index contributed by atoms with van der Waals surface area (Å²) in [4.78, 5) is 12.5. The van der Waals surface area contributed by atoms with Gasteiger partial charge in [-0.15, -0.1) is 0 Å². The van der Waals surface area contributed by atoms with Gasteiger partial charge in [-0.1, -0.05) is 6.92 Å². The molecule has 1 aromatic carbocycles. The Kier molecular flexibility index (Phi) is 4.38. The van der Waals surface area contributed by atoms with Gasteiger partial charge in [0.05, 0.1) is 22.6 Å². The summed E-state index contributed by atoms with van der Waals surface area (Å²) in [5, 5.41) is 20.0. The molecule has 0 aromatic heterocycles. The minimum Gasteiger partial charge on any atom is -0.465 e. The van der Waals surface area contributed by atoms with E-state index in [9.17, 15) is 4.79 Å². The maximum Gasteiger partial charge on any atom is 0.409 e. The summed E-state index contributed by atoms with van der Waals surface area (Å²) >= 11 is 0. The van der Waals surface area contributed by atoms with Gasteiger partial charge in [0.15, 0.2) is 0 Å². The van der Waals surface area contributed by atoms with Crippen LogP contribution in [0.1, 0.15) is 18.9 Å². The van der Waals surface area contributed by atoms with Crippen molar-refractivity contribution in [2.45, 2.75) is 13.3 Å². The number of nitrogens with two attached hydrogens (primary N) is 1. The molecule has 0 saturated heterocycles. The van der Waals surface area contributed by atoms with Crippen LogP contribution in [-0.4, -0.2) is 24.8 Å². The molecule has 6 nitrogen and oxygen atoms in total. The average Bonchev–Trinajstić information content (AvgIpc) is 2.30. The monoisotopic (exact) mass is 248 g/mol. The second kappa shape index (κ2) is 5.77. The number of carboxylic acid groups (broad SMARTS) is 1. The number of rotatable bonds is 4. The van der Waals surface area contributed by atoms with Crippen LogP contribution in [0.15, 0.2) is 12.1 Å². The fourth-order valence-electron chi connectivity index (χ4n) is 1.69. The van der Waals surface area contributed by atoms with Gasteiger partial charge in [0.25, 0.3) is 0 Å². The van der Waals surface area contributed by atoms with Crippen LogP contribution in [0.5, 0.6) is 0 Å². The van der Waals surface area contributed by atoms with Crippen molar-refractivity contribution >= 4 is 23.2 Å². The second-order valence-electron chi connectivity index (χ2n) is 3.92. The van der Waals surface area contributed by atoms with Crippen LogP contribution in [0.4, 0.5) is 21.9 Å². The molecule has 0 atom stereocenters. The van der Waals surface area contributed by atoms with E-state index in [2.05, 4.69) is 11.4 Å². The third-order valence-corrected chi connectivity index (χ3v) is 2.50. The van der Waals surface area contributed by atoms with Crippen molar-refractivity contribution in [3.63, 3.8) is 0 Å². The maximum absolute atomic E-state index is 10.6. The standard InChI is InChI=1S/C12H16N4O2/c1-3-4-16(2)11-6-10(15-12(17)18)9(14)5-8(11)7-13/h5-6,15H,3-4,14H2,1-2H3,(H,17,18). The van der Waals surface area contributed by atoms with E-state index in [1.165, 1.54) is 6.07 Å². The zero-order valence-electron chi connectivity index (χ0n) is 10.4. The lowest BCUT2D eigenvalue weighted by Gasteiger charge is -2.21. The van der Waals surface area contributed by atoms with Crippen LogP contribution in [0.3, 0.4) is 0 Å². The highest BCUT2D eigenvalue weighted by Crippen LogP contribution is 2.29. The van der Waals surface area contributed by atoms with Gasteiger partial charge in [-0.05, 0) is 18.6 Å². The molecule has 1 rings (SSSR count). The van der Waals surface area contributed by atoms with Crippen molar-refractivity contribution < 1.29 is 9.90 Å². The van der Waals surface area contributed by atoms with Gasteiger partial charge in [0.2, 0.25) is 0 Å². The Bertz CT molecular complexity index is 494. The van der Waals surface area contributed by atoms with Gasteiger partial charge in [0, 0.05) is 13.6 Å². The SMILES string of the molecule is CCCN(C)c1cc(NC(=O)O)c(N)cc1C#N. The maximum atomic E-state index is 10.6. The number of nitrogen functional groups attached to an aromatic ring is 1. The molecule has 0 aliphatic carbocycles. The number of hydrogen-bond donors (Lipinski definition) is 3. The van der Waals surface area contributed by atoms with Crippen molar-refractivity contribution in [1.29, 1.82) is 5.26 Å². The molecule has 18 heavy (non-hydrogen) atoms. The Labute approximate surface area is 106 Å². The van der Waals surface area contributed by atoms with Crippen LogP contribution in [0.25, 0.3) is 0 Å². The molecule has 1 amide bonds. The molecule has 0 spiro atoms. The Morgan fingerprint density at radius 1 is 1.61 bits per heavy atom. The zero-order valence-corrected chi connectivity index (χ0v) is 10.4. The fraction of sp³-hybridized carbons (Fsp3) is 0.333. The summed E-state index contributed by atoms with van der Waals surface area (Å²) in [7, 11) is 1.85. The van der Waals surface area contributed by atoms with Crippen LogP contribution >= 0.6 is 0 Å². The Morgan fingerprint density at radius 2 is 2.28 bits per heavy atom. The minimum atomic E-state index is -1.18. The van der Waals surface area contributed by atoms with Crippen LogP contribution in [0, 0.1) is 11.3 Å². The minimum absolute atomic E-state index is 0.239. The van der Waals surface area contributed by atoms with Gasteiger partial charge in [0.1, 0.15) is 6.07 Å². The number of amides is 1. The quantitative estimate of drug-likeness (QED) is 0.708. The Morgan fingerprint density at radius 3 is 2.78 bits per heavy atom. The predicted octanol–water partition coefficient (Wildman–Crippen LogP) is 2.08. The van der Waals surface area contributed by atoms with E-state index in [1.807, 2.05) is 18.9 Å². The van der Waals surface area contributed by atoms with Crippen molar-refractivity contribution in [3.05, 3.63) is 17.7 Å². The molecule has 96 valence electrons. The van der Waals surface area contributed by atoms with Gasteiger partial charge >= 0.3 is 6.09 Å². The van der Waals surface area contributed by atoms with E-state index < -0.39 is 6.09 Å². The Hall–Kier alpha value is -2.42. The highest BCUT2D eigenvalue weighted by atomic mass is 16.4. The lowest BCUT2D eigenvalue weighted by atomic mass is 10.1. The van der Waals surface area contributed by atoms with Crippen LogP contribution in [-0.2, 0) is 0 Å². The third-order valence-electron chi connectivity index (χ3n) is 2.50. The number of nitrogens with zero attached hydrogens (tertiary/aromatic N) is 2. The molecule has 0 aliphatic rings. The highest BCUT2D eigenvalue weighted by Gasteiger charge is 2.12. The van der Waals surface area contributed by atoms with Gasteiger partial charge < -0.3 is 15.7 Å². The molecular weight excluding hydrogens is 232 g/mol. The number of carbonyl (C=O) groups is 1. The van der Waals surface area contributed by atoms with E-state index in [0.29, 0.717) is 16.9 Å². The molecule has 6 heteroatoms. The molecule has 1 aromatic rings. The van der Waals surface area contributed by atoms with E-state index >= 15 is 0 Å². The number of nitrogens with one attached hydrogen (secondary N) is 1. The van der Waals surface area contributed by atoms with Gasteiger partial charge in [-0.25, -0.2) is 4.79 Å². The first-order valence-corrected chi connectivity index (χ1v) is 5.54. The summed E-state index contributed by atoms with van der Waals surface area (Å²) in [5.74, 6) is 0. The zero-order chi connectivity index (χ0) is 13.7. The van der Waals surface area contributed by atoms with E-state index in [-0.39, 0.29) is 5.69 Å². The number of anilines is 3. The average molecular weight is 248 g/mol. The molecule has 0 radical (unpaired) electrons. The van der Waals surface area contributed by atoms with Crippen molar-refractivity contribution in [2.24, 2.45) is 0 Å². The normalized spacial score (nSPS) is 9.61. The molecule has 0 aliphatic heterocycles. The molecule has 0 heterocycles. The summed E-state index contributed by atoms with van der Waals surface area (Å²) in [6, 6.07) is 5.12. The highest BCUT2D eigenvalue weighted by molar-refractivity contribution is 5.90. The van der Waals surface area contributed by atoms with Crippen LogP contribution < -0.4 is 16.0 Å². The van der Waals surface area contributed by atoms with Crippen molar-refractivity contribution in [3.8, 4) is 6.07 Å². The molecule has 0 bridgehead atoms. The lowest BCUT2D eigenvalue weighted by molar-refractivity contribution is 0.210. The first-order chi connectivity index (χ1) is 8.49. The smallest absolute Gasteiger partial charge is 0.409 e. The first-order valence-electron chi connectivity index (χ1n) is 5.54. The fourth-order valence-corrected chi connectivity index (χ4v) is 1.69. The molecule has 4 N–H and O–H groups in total.